The summed E-state index contributed by atoms with van der Waals surface area (Å²) in [6, 6.07) is 5.95. The maximum atomic E-state index is 13.3. The third-order valence-corrected chi connectivity index (χ3v) is 9.21. The fourth-order valence-corrected chi connectivity index (χ4v) is 5.99. The summed E-state index contributed by atoms with van der Waals surface area (Å²) in [5, 5.41) is 21.9. The molecule has 2 aliphatic heterocycles. The first kappa shape index (κ1) is 30.6. The van der Waals surface area contributed by atoms with Gasteiger partial charge in [0.1, 0.15) is 11.9 Å². The maximum Gasteiger partial charge on any atom is 0.309 e. The third-order valence-electron chi connectivity index (χ3n) is 9.21. The van der Waals surface area contributed by atoms with Crippen LogP contribution in [0.5, 0.6) is 0 Å². The number of esters is 1. The Bertz CT molecular complexity index is 1210. The van der Waals surface area contributed by atoms with Crippen LogP contribution in [0, 0.1) is 17.3 Å². The number of nitrogens with zero attached hydrogens (tertiary/aromatic N) is 3. The van der Waals surface area contributed by atoms with Crippen LogP contribution < -0.4 is 0 Å². The molecule has 222 valence electrons. The second-order valence-electron chi connectivity index (χ2n) is 13.1. The van der Waals surface area contributed by atoms with Crippen molar-refractivity contribution < 1.29 is 29.3 Å². The van der Waals surface area contributed by atoms with Crippen LogP contribution >= 0.6 is 0 Å². The van der Waals surface area contributed by atoms with E-state index in [4.69, 9.17) is 9.47 Å². The van der Waals surface area contributed by atoms with Gasteiger partial charge in [-0.1, -0.05) is 40.2 Å². The van der Waals surface area contributed by atoms with Gasteiger partial charge in [-0.2, -0.15) is 0 Å². The predicted molar refractivity (Wildman–Crippen MR) is 153 cm³/mol. The topological polar surface area (TPSA) is 117 Å². The highest BCUT2D eigenvalue weighted by Crippen LogP contribution is 2.46. The van der Waals surface area contributed by atoms with Gasteiger partial charge < -0.3 is 29.2 Å². The smallest absolute Gasteiger partial charge is 0.309 e. The monoisotopic (exact) mass is 557 g/mol. The lowest BCUT2D eigenvalue weighted by Crippen LogP contribution is -2.45. The minimum Gasteiger partial charge on any atom is -0.457 e. The van der Waals surface area contributed by atoms with E-state index in [9.17, 15) is 19.8 Å². The van der Waals surface area contributed by atoms with Crippen LogP contribution in [0.2, 0.25) is 0 Å². The number of benzene rings is 1. The number of ketones is 1. The molecule has 0 amide bonds. The Hall–Kier alpha value is -2.33. The van der Waals surface area contributed by atoms with Crippen molar-refractivity contribution in [3.05, 3.63) is 30.1 Å². The number of aliphatic hydroxyl groups is 2. The number of aromatic nitrogens is 2. The molecule has 3 unspecified atom stereocenters. The number of hydrogen-bond donors (Lipinski definition) is 2. The molecule has 0 bridgehead atoms. The van der Waals surface area contributed by atoms with Crippen LogP contribution in [-0.2, 0) is 25.6 Å². The molecule has 1 aromatic heterocycles. The van der Waals surface area contributed by atoms with E-state index in [1.165, 1.54) is 0 Å². The normalized spacial score (nSPS) is 34.0. The first-order chi connectivity index (χ1) is 18.7. The Kier molecular flexibility index (Phi) is 9.10. The summed E-state index contributed by atoms with van der Waals surface area (Å²) in [5.74, 6) is -1.58. The Morgan fingerprint density at radius 1 is 1.15 bits per heavy atom. The summed E-state index contributed by atoms with van der Waals surface area (Å²) >= 11 is 0. The molecule has 2 aromatic rings. The van der Waals surface area contributed by atoms with Crippen LogP contribution in [-0.4, -0.2) is 81.0 Å². The summed E-state index contributed by atoms with van der Waals surface area (Å²) in [7, 11) is 4.07. The quantitative estimate of drug-likeness (QED) is 0.430. The van der Waals surface area contributed by atoms with E-state index in [-0.39, 0.29) is 29.8 Å². The number of likely N-dealkylation sites (N-methyl/N-ethyl adjacent to an activating group) is 1. The second-order valence-corrected chi connectivity index (χ2v) is 13.1. The van der Waals surface area contributed by atoms with Crippen molar-refractivity contribution in [2.75, 3.05) is 20.6 Å². The number of fused-ring (bicyclic) bond motifs is 2. The Morgan fingerprint density at radius 2 is 1.88 bits per heavy atom. The number of hydrogen-bond acceptors (Lipinski definition) is 8. The van der Waals surface area contributed by atoms with E-state index in [0.29, 0.717) is 6.42 Å². The summed E-state index contributed by atoms with van der Waals surface area (Å²) in [6.07, 6.45) is 1.70. The van der Waals surface area contributed by atoms with Crippen molar-refractivity contribution in [3.8, 4) is 0 Å². The van der Waals surface area contributed by atoms with Crippen LogP contribution in [0.1, 0.15) is 78.4 Å². The first-order valence-electron chi connectivity index (χ1n) is 14.6. The van der Waals surface area contributed by atoms with Gasteiger partial charge in [-0.15, -0.1) is 0 Å². The molecule has 2 fully saturated rings. The van der Waals surface area contributed by atoms with Gasteiger partial charge in [0.2, 0.25) is 0 Å². The van der Waals surface area contributed by atoms with Crippen molar-refractivity contribution >= 4 is 22.8 Å². The molecule has 2 aliphatic rings. The molecular formula is C31H47N3O6. The second kappa shape index (κ2) is 11.9. The van der Waals surface area contributed by atoms with Crippen molar-refractivity contribution in [1.82, 2.24) is 14.5 Å². The van der Waals surface area contributed by atoms with Crippen molar-refractivity contribution in [1.29, 1.82) is 0 Å². The minimum absolute atomic E-state index is 0.0753. The SMILES string of the molecule is CC1CCC[C@@]2(C)O[C@H]2C[C@@H](c2ccc3c(c2)ncn3CCN(C)C)OC(=O)CC(O)C(C)(C)C(=O)C(C)[C@H]1O. The molecule has 9 heteroatoms. The Labute approximate surface area is 237 Å². The van der Waals surface area contributed by atoms with Crippen molar-refractivity contribution in [2.45, 2.75) is 103 Å². The van der Waals surface area contributed by atoms with Crippen molar-refractivity contribution in [3.63, 3.8) is 0 Å². The molecule has 0 aliphatic carbocycles. The standard InChI is InChI=1S/C31H47N3O6/c1-19-9-8-12-31(5)26(40-31)16-24(21-10-11-23-22(15-21)32-18-34(23)14-13-33(6)7)39-27(36)17-25(35)30(3,4)29(38)20(2)28(19)37/h10-11,15,18-20,24-26,28,35,37H,8-9,12-14,16-17H2,1-7H3/t19?,20?,24-,25?,26-,28-,31+/m0/s1. The highest BCUT2D eigenvalue weighted by atomic mass is 16.6. The third kappa shape index (κ3) is 6.59. The summed E-state index contributed by atoms with van der Waals surface area (Å²) in [4.78, 5) is 33.2. The molecule has 1 aromatic carbocycles. The molecule has 3 heterocycles. The van der Waals surface area contributed by atoms with E-state index in [2.05, 4.69) is 21.4 Å². The molecule has 9 nitrogen and oxygen atoms in total. The Balaban J connectivity index is 1.60. The van der Waals surface area contributed by atoms with E-state index < -0.39 is 35.6 Å². The number of epoxide rings is 1. The van der Waals surface area contributed by atoms with Crippen LogP contribution in [0.4, 0.5) is 0 Å². The molecule has 4 rings (SSSR count). The van der Waals surface area contributed by atoms with E-state index in [1.54, 1.807) is 20.8 Å². The zero-order valence-electron chi connectivity index (χ0n) is 25.1. The van der Waals surface area contributed by atoms with Crippen LogP contribution in [0.3, 0.4) is 0 Å². The zero-order chi connectivity index (χ0) is 29.4. The van der Waals surface area contributed by atoms with Gasteiger partial charge in [0.05, 0.1) is 53.1 Å². The predicted octanol–water partition coefficient (Wildman–Crippen LogP) is 3.89. The average Bonchev–Trinajstić information content (AvgIpc) is 3.34. The van der Waals surface area contributed by atoms with E-state index in [0.717, 1.165) is 48.9 Å². The average molecular weight is 558 g/mol. The van der Waals surface area contributed by atoms with Gasteiger partial charge in [-0.3, -0.25) is 9.59 Å². The number of aliphatic hydroxyl groups excluding tert-OH is 2. The number of rotatable bonds is 4. The molecular weight excluding hydrogens is 510 g/mol. The van der Waals surface area contributed by atoms with Crippen LogP contribution in [0.25, 0.3) is 11.0 Å². The molecule has 2 saturated heterocycles. The minimum atomic E-state index is -1.25. The fraction of sp³-hybridized carbons (Fsp3) is 0.710. The van der Waals surface area contributed by atoms with Gasteiger partial charge in [-0.25, -0.2) is 4.98 Å². The highest BCUT2D eigenvalue weighted by Gasteiger charge is 2.53. The molecule has 2 N–H and O–H groups in total. The lowest BCUT2D eigenvalue weighted by Gasteiger charge is -2.34. The number of cyclic esters (lactones) is 1. The van der Waals surface area contributed by atoms with Gasteiger partial charge in [-0.05, 0) is 57.5 Å². The molecule has 0 saturated carbocycles. The van der Waals surface area contributed by atoms with Gasteiger partial charge in [0.25, 0.3) is 0 Å². The number of carbonyl (C=O) groups is 2. The van der Waals surface area contributed by atoms with Crippen LogP contribution in [0.15, 0.2) is 24.5 Å². The fourth-order valence-electron chi connectivity index (χ4n) is 5.99. The molecule has 40 heavy (non-hydrogen) atoms. The van der Waals surface area contributed by atoms with Crippen molar-refractivity contribution in [2.24, 2.45) is 17.3 Å². The number of Topliss-reactive ketones (excluding diaryl/α,β-unsaturated/α-hetero) is 1. The van der Waals surface area contributed by atoms with E-state index in [1.807, 2.05) is 45.5 Å². The summed E-state index contributed by atoms with van der Waals surface area (Å²) in [5.41, 5.74) is 1.12. The Morgan fingerprint density at radius 3 is 2.58 bits per heavy atom. The number of ether oxygens (including phenoxy) is 2. The summed E-state index contributed by atoms with van der Waals surface area (Å²) in [6.45, 7) is 10.7. The molecule has 0 radical (unpaired) electrons. The highest BCUT2D eigenvalue weighted by molar-refractivity contribution is 5.88. The molecule has 7 atom stereocenters. The number of imidazole rings is 1. The largest absolute Gasteiger partial charge is 0.457 e. The number of carbonyl (C=O) groups excluding carboxylic acids is 2. The summed E-state index contributed by atoms with van der Waals surface area (Å²) < 4.78 is 14.2. The lowest BCUT2D eigenvalue weighted by molar-refractivity contribution is -0.156. The molecule has 0 spiro atoms. The lowest BCUT2D eigenvalue weighted by atomic mass is 9.73. The van der Waals surface area contributed by atoms with Gasteiger partial charge >= 0.3 is 5.97 Å². The van der Waals surface area contributed by atoms with E-state index >= 15 is 0 Å². The first-order valence-corrected chi connectivity index (χ1v) is 14.6. The zero-order valence-corrected chi connectivity index (χ0v) is 25.1. The van der Waals surface area contributed by atoms with Gasteiger partial charge in [0, 0.05) is 25.4 Å². The maximum absolute atomic E-state index is 13.3. The van der Waals surface area contributed by atoms with Gasteiger partial charge in [0.15, 0.2) is 0 Å².